The molecule has 2 unspecified atom stereocenters. The molecule has 0 radical (unpaired) electrons. The Bertz CT molecular complexity index is 558. The van der Waals surface area contributed by atoms with E-state index in [1.54, 1.807) is 4.90 Å². The molecule has 2 atom stereocenters. The Morgan fingerprint density at radius 3 is 2.64 bits per heavy atom. The van der Waals surface area contributed by atoms with Gasteiger partial charge in [-0.1, -0.05) is 6.42 Å². The number of urea groups is 1. The number of hydrogen-bond acceptors (Lipinski definition) is 3. The van der Waals surface area contributed by atoms with Crippen LogP contribution in [0.4, 0.5) is 16.2 Å². The SMILES string of the molecule is NC1CCCC1C(=O)Nc1ccc(N2CCCNC2=O)cc1. The zero-order valence-corrected chi connectivity index (χ0v) is 12.5. The third-order valence-electron chi connectivity index (χ3n) is 4.43. The number of nitrogens with one attached hydrogen (secondary N) is 2. The standard InChI is InChI=1S/C16H22N4O2/c17-14-4-1-3-13(14)15(21)19-11-5-7-12(8-6-11)20-10-2-9-18-16(20)22/h5-8,13-14H,1-4,9-10,17H2,(H,18,22)(H,19,21). The molecule has 3 rings (SSSR count). The Morgan fingerprint density at radius 2 is 2.00 bits per heavy atom. The molecule has 1 heterocycles. The van der Waals surface area contributed by atoms with E-state index in [2.05, 4.69) is 10.6 Å². The van der Waals surface area contributed by atoms with Crippen LogP contribution < -0.4 is 21.3 Å². The number of nitrogens with two attached hydrogens (primary N) is 1. The minimum Gasteiger partial charge on any atom is -0.338 e. The second-order valence-electron chi connectivity index (χ2n) is 5.97. The van der Waals surface area contributed by atoms with Crippen molar-refractivity contribution in [1.82, 2.24) is 5.32 Å². The molecular weight excluding hydrogens is 280 g/mol. The molecule has 0 spiro atoms. The number of carbonyl (C=O) groups is 2. The lowest BCUT2D eigenvalue weighted by molar-refractivity contribution is -0.120. The third-order valence-corrected chi connectivity index (χ3v) is 4.43. The zero-order valence-electron chi connectivity index (χ0n) is 12.5. The predicted molar refractivity (Wildman–Crippen MR) is 85.7 cm³/mol. The Labute approximate surface area is 130 Å². The molecule has 2 aliphatic rings. The normalized spacial score (nSPS) is 25.0. The van der Waals surface area contributed by atoms with E-state index in [0.717, 1.165) is 43.6 Å². The first-order valence-electron chi connectivity index (χ1n) is 7.87. The van der Waals surface area contributed by atoms with Crippen LogP contribution in [-0.2, 0) is 4.79 Å². The number of benzene rings is 1. The first-order valence-corrected chi connectivity index (χ1v) is 7.87. The van der Waals surface area contributed by atoms with Gasteiger partial charge in [-0.2, -0.15) is 0 Å². The topological polar surface area (TPSA) is 87.5 Å². The molecule has 2 fully saturated rings. The first-order chi connectivity index (χ1) is 10.6. The Balaban J connectivity index is 1.64. The Kier molecular flexibility index (Phi) is 4.29. The molecule has 1 saturated heterocycles. The Morgan fingerprint density at radius 1 is 1.23 bits per heavy atom. The smallest absolute Gasteiger partial charge is 0.321 e. The van der Waals surface area contributed by atoms with Crippen LogP contribution in [0.3, 0.4) is 0 Å². The minimum absolute atomic E-state index is 0.00605. The molecule has 1 aromatic rings. The average Bonchev–Trinajstić information content (AvgIpc) is 2.95. The Hall–Kier alpha value is -2.08. The molecule has 1 saturated carbocycles. The van der Waals surface area contributed by atoms with Crippen LogP contribution in [0.2, 0.25) is 0 Å². The van der Waals surface area contributed by atoms with E-state index in [1.807, 2.05) is 24.3 Å². The fourth-order valence-electron chi connectivity index (χ4n) is 3.15. The van der Waals surface area contributed by atoms with Crippen molar-refractivity contribution in [2.24, 2.45) is 11.7 Å². The number of rotatable bonds is 3. The van der Waals surface area contributed by atoms with Gasteiger partial charge in [0.25, 0.3) is 0 Å². The van der Waals surface area contributed by atoms with Gasteiger partial charge < -0.3 is 16.4 Å². The maximum Gasteiger partial charge on any atom is 0.321 e. The van der Waals surface area contributed by atoms with E-state index in [-0.39, 0.29) is 23.9 Å². The largest absolute Gasteiger partial charge is 0.338 e. The first kappa shape index (κ1) is 14.8. The van der Waals surface area contributed by atoms with Crippen LogP contribution in [0.1, 0.15) is 25.7 Å². The van der Waals surface area contributed by atoms with Crippen molar-refractivity contribution < 1.29 is 9.59 Å². The zero-order chi connectivity index (χ0) is 15.5. The maximum absolute atomic E-state index is 12.2. The van der Waals surface area contributed by atoms with Crippen LogP contribution in [-0.4, -0.2) is 31.1 Å². The van der Waals surface area contributed by atoms with Gasteiger partial charge in [-0.15, -0.1) is 0 Å². The molecule has 6 heteroatoms. The summed E-state index contributed by atoms with van der Waals surface area (Å²) in [5, 5.41) is 5.74. The molecule has 4 N–H and O–H groups in total. The van der Waals surface area contributed by atoms with Crippen molar-refractivity contribution >= 4 is 23.3 Å². The van der Waals surface area contributed by atoms with Crippen LogP contribution in [0.25, 0.3) is 0 Å². The van der Waals surface area contributed by atoms with Gasteiger partial charge in [0.05, 0.1) is 5.92 Å². The van der Waals surface area contributed by atoms with Crippen LogP contribution >= 0.6 is 0 Å². The third kappa shape index (κ3) is 3.06. The highest BCUT2D eigenvalue weighted by Crippen LogP contribution is 2.26. The van der Waals surface area contributed by atoms with Gasteiger partial charge in [0.2, 0.25) is 5.91 Å². The van der Waals surface area contributed by atoms with E-state index in [4.69, 9.17) is 5.73 Å². The maximum atomic E-state index is 12.2. The summed E-state index contributed by atoms with van der Waals surface area (Å²) >= 11 is 0. The van der Waals surface area contributed by atoms with Crippen molar-refractivity contribution in [3.63, 3.8) is 0 Å². The summed E-state index contributed by atoms with van der Waals surface area (Å²) in [6, 6.07) is 7.27. The summed E-state index contributed by atoms with van der Waals surface area (Å²) in [4.78, 5) is 25.7. The number of nitrogens with zero attached hydrogens (tertiary/aromatic N) is 1. The van der Waals surface area contributed by atoms with Crippen LogP contribution in [0.15, 0.2) is 24.3 Å². The highest BCUT2D eigenvalue weighted by molar-refractivity contribution is 5.95. The van der Waals surface area contributed by atoms with Crippen LogP contribution in [0.5, 0.6) is 0 Å². The molecule has 3 amide bonds. The summed E-state index contributed by atoms with van der Waals surface area (Å²) < 4.78 is 0. The second-order valence-corrected chi connectivity index (χ2v) is 5.97. The summed E-state index contributed by atoms with van der Waals surface area (Å²) in [5.41, 5.74) is 7.54. The molecule has 1 aliphatic carbocycles. The van der Waals surface area contributed by atoms with E-state index in [1.165, 1.54) is 0 Å². The molecule has 1 aliphatic heterocycles. The van der Waals surface area contributed by atoms with Gasteiger partial charge in [0, 0.05) is 30.5 Å². The molecule has 0 bridgehead atoms. The van der Waals surface area contributed by atoms with Gasteiger partial charge in [-0.3, -0.25) is 9.69 Å². The number of carbonyl (C=O) groups excluding carboxylic acids is 2. The average molecular weight is 302 g/mol. The highest BCUT2D eigenvalue weighted by atomic mass is 16.2. The van der Waals surface area contributed by atoms with Crippen molar-refractivity contribution in [1.29, 1.82) is 0 Å². The molecule has 118 valence electrons. The van der Waals surface area contributed by atoms with E-state index < -0.39 is 0 Å². The highest BCUT2D eigenvalue weighted by Gasteiger charge is 2.30. The molecular formula is C16H22N4O2. The number of anilines is 2. The fourth-order valence-corrected chi connectivity index (χ4v) is 3.15. The lowest BCUT2D eigenvalue weighted by Gasteiger charge is -2.27. The quantitative estimate of drug-likeness (QED) is 0.793. The van der Waals surface area contributed by atoms with Crippen LogP contribution in [0, 0.1) is 5.92 Å². The number of amides is 3. The van der Waals surface area contributed by atoms with E-state index in [0.29, 0.717) is 6.54 Å². The van der Waals surface area contributed by atoms with Gasteiger partial charge in [0.15, 0.2) is 0 Å². The molecule has 0 aromatic heterocycles. The lowest BCUT2D eigenvalue weighted by Crippen LogP contribution is -2.46. The minimum atomic E-state index is -0.0902. The summed E-state index contributed by atoms with van der Waals surface area (Å²) in [6.45, 7) is 1.44. The summed E-state index contributed by atoms with van der Waals surface area (Å²) in [6.07, 6.45) is 3.73. The fraction of sp³-hybridized carbons (Fsp3) is 0.500. The molecule has 1 aromatic carbocycles. The molecule has 22 heavy (non-hydrogen) atoms. The summed E-state index contributed by atoms with van der Waals surface area (Å²) in [7, 11) is 0. The van der Waals surface area contributed by atoms with Gasteiger partial charge in [-0.25, -0.2) is 4.79 Å². The molecule has 6 nitrogen and oxygen atoms in total. The van der Waals surface area contributed by atoms with Crippen molar-refractivity contribution in [3.05, 3.63) is 24.3 Å². The van der Waals surface area contributed by atoms with E-state index >= 15 is 0 Å². The van der Waals surface area contributed by atoms with Crippen molar-refractivity contribution in [3.8, 4) is 0 Å². The van der Waals surface area contributed by atoms with Gasteiger partial charge >= 0.3 is 6.03 Å². The van der Waals surface area contributed by atoms with Crippen molar-refractivity contribution in [2.75, 3.05) is 23.3 Å². The number of hydrogen-bond donors (Lipinski definition) is 3. The van der Waals surface area contributed by atoms with E-state index in [9.17, 15) is 9.59 Å². The van der Waals surface area contributed by atoms with Crippen molar-refractivity contribution in [2.45, 2.75) is 31.7 Å². The van der Waals surface area contributed by atoms with Gasteiger partial charge in [-0.05, 0) is 43.5 Å². The second kappa shape index (κ2) is 6.36. The lowest BCUT2D eigenvalue weighted by atomic mass is 10.0. The summed E-state index contributed by atoms with van der Waals surface area (Å²) in [5.74, 6) is -0.0963. The van der Waals surface area contributed by atoms with Gasteiger partial charge in [0.1, 0.15) is 0 Å². The monoisotopic (exact) mass is 302 g/mol. The predicted octanol–water partition coefficient (Wildman–Crippen LogP) is 1.67.